The van der Waals surface area contributed by atoms with E-state index in [9.17, 15) is 0 Å². The van der Waals surface area contributed by atoms with Gasteiger partial charge in [0.25, 0.3) is 0 Å². The standard InChI is InChI=1S/C22H26Si2/c1-18-12-14-19(15-13-18)16-17-22(23-20-8-4-2-5-9-20)24-21-10-6-3-7-11-21/h2-15,22H,16-17,23-24H2,1H3. The van der Waals surface area contributed by atoms with Crippen LogP contribution in [0.25, 0.3) is 0 Å². The fourth-order valence-electron chi connectivity index (χ4n) is 3.30. The van der Waals surface area contributed by atoms with E-state index < -0.39 is 0 Å². The maximum atomic E-state index is 2.34. The Hall–Kier alpha value is -1.91. The van der Waals surface area contributed by atoms with Crippen molar-refractivity contribution in [3.05, 3.63) is 96.1 Å². The second kappa shape index (κ2) is 8.81. The Morgan fingerprint density at radius 1 is 0.667 bits per heavy atom. The Bertz CT molecular complexity index is 679. The van der Waals surface area contributed by atoms with E-state index >= 15 is 0 Å². The third kappa shape index (κ3) is 5.32. The van der Waals surface area contributed by atoms with E-state index in [1.54, 1.807) is 10.4 Å². The second-order valence-corrected chi connectivity index (χ2v) is 12.7. The first-order chi connectivity index (χ1) is 11.8. The Morgan fingerprint density at radius 3 is 1.67 bits per heavy atom. The van der Waals surface area contributed by atoms with Crippen LogP contribution in [0.2, 0.25) is 5.16 Å². The summed E-state index contributed by atoms with van der Waals surface area (Å²) in [4.78, 5) is 0. The van der Waals surface area contributed by atoms with E-state index in [0.29, 0.717) is 0 Å². The van der Waals surface area contributed by atoms with Crippen LogP contribution in [0, 0.1) is 6.92 Å². The van der Waals surface area contributed by atoms with Crippen LogP contribution in [0.1, 0.15) is 17.5 Å². The zero-order chi connectivity index (χ0) is 16.6. The van der Waals surface area contributed by atoms with E-state index in [1.807, 2.05) is 0 Å². The lowest BCUT2D eigenvalue weighted by atomic mass is 10.1. The highest BCUT2D eigenvalue weighted by Gasteiger charge is 2.12. The number of benzene rings is 3. The van der Waals surface area contributed by atoms with Crippen molar-refractivity contribution < 1.29 is 0 Å². The summed E-state index contributed by atoms with van der Waals surface area (Å²) in [5.41, 5.74) is 2.85. The molecule has 0 unspecified atom stereocenters. The lowest BCUT2D eigenvalue weighted by molar-refractivity contribution is 0.876. The lowest BCUT2D eigenvalue weighted by Crippen LogP contribution is -2.29. The van der Waals surface area contributed by atoms with E-state index in [0.717, 1.165) is 5.16 Å². The Balaban J connectivity index is 1.67. The van der Waals surface area contributed by atoms with Crippen molar-refractivity contribution in [2.45, 2.75) is 24.9 Å². The van der Waals surface area contributed by atoms with E-state index in [2.05, 4.69) is 91.9 Å². The maximum absolute atomic E-state index is 2.34. The molecule has 0 amide bonds. The summed E-state index contributed by atoms with van der Waals surface area (Å²) >= 11 is 0. The van der Waals surface area contributed by atoms with Crippen molar-refractivity contribution in [3.63, 3.8) is 0 Å². The minimum Gasteiger partial charge on any atom is -0.0669 e. The van der Waals surface area contributed by atoms with Crippen LogP contribution < -0.4 is 10.4 Å². The molecule has 0 bridgehead atoms. The normalized spacial score (nSPS) is 13.0. The molecule has 0 nitrogen and oxygen atoms in total. The molecule has 0 aliphatic rings. The van der Waals surface area contributed by atoms with Gasteiger partial charge in [-0.2, -0.15) is 0 Å². The number of hydrogen-bond donors (Lipinski definition) is 0. The van der Waals surface area contributed by atoms with Gasteiger partial charge >= 0.3 is 0 Å². The molecule has 3 rings (SSSR count). The van der Waals surface area contributed by atoms with Gasteiger partial charge in [-0.3, -0.25) is 0 Å². The largest absolute Gasteiger partial charge is 0.0669 e. The first-order valence-electron chi connectivity index (χ1n) is 8.93. The fraction of sp³-hybridized carbons (Fsp3) is 0.182. The highest BCUT2D eigenvalue weighted by Crippen LogP contribution is 2.14. The molecule has 3 aromatic carbocycles. The molecule has 0 aromatic heterocycles. The van der Waals surface area contributed by atoms with Gasteiger partial charge in [0.2, 0.25) is 0 Å². The maximum Gasteiger partial charge on any atom is 0.0550 e. The van der Waals surface area contributed by atoms with Gasteiger partial charge in [0.15, 0.2) is 0 Å². The smallest absolute Gasteiger partial charge is 0.0550 e. The highest BCUT2D eigenvalue weighted by atomic mass is 28.3. The second-order valence-electron chi connectivity index (χ2n) is 6.77. The average Bonchev–Trinajstić information content (AvgIpc) is 2.63. The van der Waals surface area contributed by atoms with Crippen LogP contribution in [0.3, 0.4) is 0 Å². The molecule has 0 saturated heterocycles. The van der Waals surface area contributed by atoms with Gasteiger partial charge in [0, 0.05) is 0 Å². The Labute approximate surface area is 150 Å². The van der Waals surface area contributed by atoms with Crippen molar-refractivity contribution >= 4 is 29.4 Å². The first kappa shape index (κ1) is 16.9. The van der Waals surface area contributed by atoms with Gasteiger partial charge in [-0.25, -0.2) is 0 Å². The molecule has 0 atom stereocenters. The average molecular weight is 347 g/mol. The van der Waals surface area contributed by atoms with E-state index in [4.69, 9.17) is 0 Å². The van der Waals surface area contributed by atoms with E-state index in [1.165, 1.54) is 24.0 Å². The molecule has 3 aromatic rings. The minimum atomic E-state index is -0.203. The molecule has 0 spiro atoms. The predicted octanol–water partition coefficient (Wildman–Crippen LogP) is 2.66. The van der Waals surface area contributed by atoms with Gasteiger partial charge < -0.3 is 0 Å². The van der Waals surface area contributed by atoms with Crippen LogP contribution in [-0.2, 0) is 6.42 Å². The topological polar surface area (TPSA) is 0 Å². The summed E-state index contributed by atoms with van der Waals surface area (Å²) in [5, 5.41) is 4.20. The van der Waals surface area contributed by atoms with Gasteiger partial charge in [-0.05, 0) is 18.9 Å². The molecule has 0 saturated carbocycles. The van der Waals surface area contributed by atoms with Crippen LogP contribution in [-0.4, -0.2) is 19.0 Å². The van der Waals surface area contributed by atoms with Crippen LogP contribution in [0.15, 0.2) is 84.9 Å². The summed E-state index contributed by atoms with van der Waals surface area (Å²) in [7, 11) is -0.406. The van der Waals surface area contributed by atoms with Crippen LogP contribution in [0.5, 0.6) is 0 Å². The third-order valence-corrected chi connectivity index (χ3v) is 10.3. The summed E-state index contributed by atoms with van der Waals surface area (Å²) < 4.78 is 0. The lowest BCUT2D eigenvalue weighted by Gasteiger charge is -2.16. The SMILES string of the molecule is Cc1ccc(CCC([SiH2]c2ccccc2)[SiH2]c2ccccc2)cc1. The van der Waals surface area contributed by atoms with Gasteiger partial charge in [-0.1, -0.05) is 112 Å². The monoisotopic (exact) mass is 346 g/mol. The summed E-state index contributed by atoms with van der Waals surface area (Å²) in [6, 6.07) is 31.5. The molecule has 24 heavy (non-hydrogen) atoms. The molecule has 122 valence electrons. The number of aryl methyl sites for hydroxylation is 2. The molecule has 0 radical (unpaired) electrons. The number of hydrogen-bond acceptors (Lipinski definition) is 0. The van der Waals surface area contributed by atoms with Gasteiger partial charge in [0.05, 0.1) is 19.0 Å². The molecule has 0 heterocycles. The minimum absolute atomic E-state index is 0.203. The van der Waals surface area contributed by atoms with E-state index in [-0.39, 0.29) is 19.0 Å². The molecular weight excluding hydrogens is 320 g/mol. The predicted molar refractivity (Wildman–Crippen MR) is 112 cm³/mol. The molecule has 0 N–H and O–H groups in total. The van der Waals surface area contributed by atoms with Crippen molar-refractivity contribution in [1.29, 1.82) is 0 Å². The van der Waals surface area contributed by atoms with Crippen molar-refractivity contribution in [2.24, 2.45) is 0 Å². The van der Waals surface area contributed by atoms with Crippen molar-refractivity contribution in [3.8, 4) is 0 Å². The third-order valence-electron chi connectivity index (χ3n) is 4.70. The molecule has 0 aliphatic heterocycles. The summed E-state index contributed by atoms with van der Waals surface area (Å²) in [5.74, 6) is 0. The van der Waals surface area contributed by atoms with Gasteiger partial charge in [-0.15, -0.1) is 0 Å². The molecule has 2 heteroatoms. The summed E-state index contributed by atoms with van der Waals surface area (Å²) in [6.45, 7) is 2.16. The summed E-state index contributed by atoms with van der Waals surface area (Å²) in [6.07, 6.45) is 2.58. The molecule has 0 aliphatic carbocycles. The zero-order valence-electron chi connectivity index (χ0n) is 14.5. The van der Waals surface area contributed by atoms with Crippen molar-refractivity contribution in [1.82, 2.24) is 0 Å². The highest BCUT2D eigenvalue weighted by molar-refractivity contribution is 6.73. The van der Waals surface area contributed by atoms with Crippen LogP contribution in [0.4, 0.5) is 0 Å². The first-order valence-corrected chi connectivity index (χ1v) is 12.0. The van der Waals surface area contributed by atoms with Crippen LogP contribution >= 0.6 is 0 Å². The quantitative estimate of drug-likeness (QED) is 0.577. The van der Waals surface area contributed by atoms with Gasteiger partial charge in [0.1, 0.15) is 0 Å². The van der Waals surface area contributed by atoms with Crippen molar-refractivity contribution in [2.75, 3.05) is 0 Å². The molecular formula is C22H26Si2. The molecule has 0 fully saturated rings. The Kier molecular flexibility index (Phi) is 6.22. The fourth-order valence-corrected chi connectivity index (χ4v) is 9.11. The number of rotatable bonds is 7. The zero-order valence-corrected chi connectivity index (χ0v) is 17.3. The Morgan fingerprint density at radius 2 is 1.17 bits per heavy atom.